The van der Waals surface area contributed by atoms with E-state index in [2.05, 4.69) is 11.4 Å². The molecule has 106 valence electrons. The summed E-state index contributed by atoms with van der Waals surface area (Å²) in [6, 6.07) is 9.43. The molecule has 0 unspecified atom stereocenters. The lowest BCUT2D eigenvalue weighted by molar-refractivity contribution is -0.118. The number of benzene rings is 1. The van der Waals surface area contributed by atoms with Crippen LogP contribution in [-0.2, 0) is 11.2 Å². The van der Waals surface area contributed by atoms with Gasteiger partial charge in [-0.15, -0.1) is 23.1 Å². The zero-order valence-electron chi connectivity index (χ0n) is 10.8. The SMILES string of the molecule is Nc1cccc(Cl)c1SCC(=O)NCCc1cccs1. The number of carbonyl (C=O) groups excluding carboxylic acids is 1. The summed E-state index contributed by atoms with van der Waals surface area (Å²) in [6.07, 6.45) is 0.863. The maximum absolute atomic E-state index is 11.8. The summed E-state index contributed by atoms with van der Waals surface area (Å²) in [7, 11) is 0. The van der Waals surface area contributed by atoms with E-state index in [9.17, 15) is 4.79 Å². The number of thioether (sulfide) groups is 1. The predicted octanol–water partition coefficient (Wildman–Crippen LogP) is 3.43. The molecule has 6 heteroatoms. The summed E-state index contributed by atoms with van der Waals surface area (Å²) in [5.74, 6) is 0.309. The third-order valence-corrected chi connectivity index (χ3v) is 5.13. The zero-order valence-corrected chi connectivity index (χ0v) is 13.2. The first kappa shape index (κ1) is 15.2. The molecule has 0 saturated heterocycles. The second-order valence-electron chi connectivity index (χ2n) is 4.13. The molecule has 2 aromatic rings. The van der Waals surface area contributed by atoms with Crippen LogP contribution in [0.4, 0.5) is 5.69 Å². The molecule has 3 nitrogen and oxygen atoms in total. The molecule has 0 saturated carbocycles. The van der Waals surface area contributed by atoms with Crippen LogP contribution in [0.2, 0.25) is 5.02 Å². The summed E-state index contributed by atoms with van der Waals surface area (Å²) in [5.41, 5.74) is 6.44. The van der Waals surface area contributed by atoms with E-state index in [-0.39, 0.29) is 5.91 Å². The Morgan fingerprint density at radius 2 is 2.20 bits per heavy atom. The molecule has 1 heterocycles. The van der Waals surface area contributed by atoms with Gasteiger partial charge in [-0.05, 0) is 30.0 Å². The van der Waals surface area contributed by atoms with Crippen molar-refractivity contribution in [3.63, 3.8) is 0 Å². The van der Waals surface area contributed by atoms with E-state index in [0.717, 1.165) is 11.3 Å². The highest BCUT2D eigenvalue weighted by Gasteiger charge is 2.08. The van der Waals surface area contributed by atoms with Crippen molar-refractivity contribution in [1.82, 2.24) is 5.32 Å². The van der Waals surface area contributed by atoms with Gasteiger partial charge >= 0.3 is 0 Å². The van der Waals surface area contributed by atoms with Gasteiger partial charge in [0.05, 0.1) is 10.8 Å². The molecule has 0 fully saturated rings. The number of anilines is 1. The molecule has 0 radical (unpaired) electrons. The quantitative estimate of drug-likeness (QED) is 0.631. The number of halogens is 1. The summed E-state index contributed by atoms with van der Waals surface area (Å²) >= 11 is 9.12. The highest BCUT2D eigenvalue weighted by Crippen LogP contribution is 2.32. The van der Waals surface area contributed by atoms with Crippen LogP contribution in [0, 0.1) is 0 Å². The van der Waals surface area contributed by atoms with Crippen LogP contribution >= 0.6 is 34.7 Å². The van der Waals surface area contributed by atoms with Gasteiger partial charge in [0.2, 0.25) is 5.91 Å². The van der Waals surface area contributed by atoms with E-state index in [1.165, 1.54) is 16.6 Å². The minimum Gasteiger partial charge on any atom is -0.398 e. The molecule has 0 bridgehead atoms. The second-order valence-corrected chi connectivity index (χ2v) is 6.55. The zero-order chi connectivity index (χ0) is 14.4. The molecule has 1 aromatic heterocycles. The molecule has 0 atom stereocenters. The topological polar surface area (TPSA) is 55.1 Å². The van der Waals surface area contributed by atoms with Crippen molar-refractivity contribution < 1.29 is 4.79 Å². The van der Waals surface area contributed by atoms with Gasteiger partial charge in [-0.1, -0.05) is 23.7 Å². The summed E-state index contributed by atoms with van der Waals surface area (Å²) in [6.45, 7) is 0.651. The summed E-state index contributed by atoms with van der Waals surface area (Å²) < 4.78 is 0. The van der Waals surface area contributed by atoms with Crippen LogP contribution in [0.1, 0.15) is 4.88 Å². The molecule has 1 amide bonds. The second kappa shape index (κ2) is 7.57. The van der Waals surface area contributed by atoms with E-state index >= 15 is 0 Å². The van der Waals surface area contributed by atoms with Gasteiger partial charge in [0.15, 0.2) is 0 Å². The minimum atomic E-state index is -0.00845. The number of nitrogen functional groups attached to an aromatic ring is 1. The Kier molecular flexibility index (Phi) is 5.76. The van der Waals surface area contributed by atoms with Crippen molar-refractivity contribution in [2.24, 2.45) is 0 Å². The van der Waals surface area contributed by atoms with Crippen LogP contribution < -0.4 is 11.1 Å². The molecule has 1 aromatic carbocycles. The van der Waals surface area contributed by atoms with E-state index in [4.69, 9.17) is 17.3 Å². The largest absolute Gasteiger partial charge is 0.398 e. The first-order valence-electron chi connectivity index (χ1n) is 6.12. The normalized spacial score (nSPS) is 10.4. The van der Waals surface area contributed by atoms with Crippen molar-refractivity contribution in [2.45, 2.75) is 11.3 Å². The van der Waals surface area contributed by atoms with Gasteiger partial charge in [-0.25, -0.2) is 0 Å². The molecule has 0 aliphatic heterocycles. The lowest BCUT2D eigenvalue weighted by atomic mass is 10.3. The van der Waals surface area contributed by atoms with Crippen molar-refractivity contribution in [3.8, 4) is 0 Å². The van der Waals surface area contributed by atoms with Gasteiger partial charge in [0.25, 0.3) is 0 Å². The summed E-state index contributed by atoms with van der Waals surface area (Å²) in [5, 5.41) is 5.51. The fourth-order valence-electron chi connectivity index (χ4n) is 1.65. The van der Waals surface area contributed by atoms with Gasteiger partial charge in [0.1, 0.15) is 0 Å². The van der Waals surface area contributed by atoms with Gasteiger partial charge in [-0.3, -0.25) is 4.79 Å². The standard InChI is InChI=1S/C14H15ClN2OS2/c15-11-4-1-5-12(16)14(11)20-9-13(18)17-7-6-10-3-2-8-19-10/h1-5,8H,6-7,9,16H2,(H,17,18). The lowest BCUT2D eigenvalue weighted by Crippen LogP contribution is -2.27. The predicted molar refractivity (Wildman–Crippen MR) is 87.6 cm³/mol. The molecular formula is C14H15ClN2OS2. The number of amides is 1. The first-order valence-corrected chi connectivity index (χ1v) is 8.37. The number of nitrogens with one attached hydrogen (secondary N) is 1. The van der Waals surface area contributed by atoms with Crippen molar-refractivity contribution in [1.29, 1.82) is 0 Å². The van der Waals surface area contributed by atoms with Gasteiger partial charge in [0, 0.05) is 22.0 Å². The number of hydrogen-bond donors (Lipinski definition) is 2. The molecular weight excluding hydrogens is 312 g/mol. The first-order chi connectivity index (χ1) is 9.66. The van der Waals surface area contributed by atoms with Crippen LogP contribution in [-0.4, -0.2) is 18.2 Å². The van der Waals surface area contributed by atoms with Crippen LogP contribution in [0.25, 0.3) is 0 Å². The summed E-state index contributed by atoms with van der Waals surface area (Å²) in [4.78, 5) is 13.8. The maximum Gasteiger partial charge on any atom is 0.230 e. The Morgan fingerprint density at radius 1 is 1.35 bits per heavy atom. The molecule has 2 rings (SSSR count). The Hall–Kier alpha value is -1.17. The molecule has 0 aliphatic carbocycles. The van der Waals surface area contributed by atoms with Crippen LogP contribution in [0.5, 0.6) is 0 Å². The minimum absolute atomic E-state index is 0.00845. The van der Waals surface area contributed by atoms with Crippen molar-refractivity contribution in [2.75, 3.05) is 18.0 Å². The molecule has 3 N–H and O–H groups in total. The fraction of sp³-hybridized carbons (Fsp3) is 0.214. The van der Waals surface area contributed by atoms with E-state index in [0.29, 0.717) is 23.0 Å². The molecule has 20 heavy (non-hydrogen) atoms. The van der Waals surface area contributed by atoms with E-state index in [1.807, 2.05) is 11.4 Å². The average molecular weight is 327 g/mol. The van der Waals surface area contributed by atoms with Crippen molar-refractivity contribution >= 4 is 46.3 Å². The van der Waals surface area contributed by atoms with E-state index in [1.54, 1.807) is 29.5 Å². The third-order valence-electron chi connectivity index (χ3n) is 2.62. The van der Waals surface area contributed by atoms with Gasteiger partial charge in [-0.2, -0.15) is 0 Å². The number of thiophene rings is 1. The Labute approximate surface area is 131 Å². The Balaban J connectivity index is 1.75. The highest BCUT2D eigenvalue weighted by molar-refractivity contribution is 8.00. The number of nitrogens with two attached hydrogens (primary N) is 1. The number of hydrogen-bond acceptors (Lipinski definition) is 4. The average Bonchev–Trinajstić information content (AvgIpc) is 2.91. The molecule has 0 spiro atoms. The van der Waals surface area contributed by atoms with Gasteiger partial charge < -0.3 is 11.1 Å². The molecule has 0 aliphatic rings. The van der Waals surface area contributed by atoms with E-state index < -0.39 is 0 Å². The van der Waals surface area contributed by atoms with Crippen LogP contribution in [0.15, 0.2) is 40.6 Å². The van der Waals surface area contributed by atoms with Crippen molar-refractivity contribution in [3.05, 3.63) is 45.6 Å². The Bertz CT molecular complexity index is 552. The third kappa shape index (κ3) is 4.44. The smallest absolute Gasteiger partial charge is 0.230 e. The Morgan fingerprint density at radius 3 is 2.90 bits per heavy atom. The fourth-order valence-corrected chi connectivity index (χ4v) is 3.52. The number of carbonyl (C=O) groups is 1. The van der Waals surface area contributed by atoms with Crippen LogP contribution in [0.3, 0.4) is 0 Å². The number of rotatable bonds is 6. The monoisotopic (exact) mass is 326 g/mol. The lowest BCUT2D eigenvalue weighted by Gasteiger charge is -2.08. The maximum atomic E-state index is 11.8. The highest BCUT2D eigenvalue weighted by atomic mass is 35.5.